The number of rotatable bonds is 5. The summed E-state index contributed by atoms with van der Waals surface area (Å²) in [5.41, 5.74) is -0.299. The Bertz CT molecular complexity index is 416. The molecule has 0 saturated carbocycles. The Morgan fingerprint density at radius 2 is 1.89 bits per heavy atom. The maximum Gasteiger partial charge on any atom is 0.416 e. The van der Waals surface area contributed by atoms with E-state index < -0.39 is 18.3 Å². The summed E-state index contributed by atoms with van der Waals surface area (Å²) >= 11 is 0. The van der Waals surface area contributed by atoms with Crippen molar-refractivity contribution in [2.24, 2.45) is 0 Å². The Hall–Kier alpha value is -1.23. The van der Waals surface area contributed by atoms with Gasteiger partial charge in [0.1, 0.15) is 0 Å². The summed E-state index contributed by atoms with van der Waals surface area (Å²) in [5, 5.41) is 9.01. The van der Waals surface area contributed by atoms with Crippen LogP contribution >= 0.6 is 0 Å². The van der Waals surface area contributed by atoms with Crippen molar-refractivity contribution in [2.75, 3.05) is 11.4 Å². The Kier molecular flexibility index (Phi) is 5.23. The van der Waals surface area contributed by atoms with Crippen LogP contribution in [0.2, 0.25) is 0 Å². The van der Waals surface area contributed by atoms with Gasteiger partial charge in [-0.15, -0.1) is 0 Å². The minimum atomic E-state index is -4.44. The fraction of sp³-hybridized carbons (Fsp3) is 0.571. The maximum atomic E-state index is 12.9. The Morgan fingerprint density at radius 3 is 2.32 bits per heavy atom. The monoisotopic (exact) mass is 275 g/mol. The van der Waals surface area contributed by atoms with Gasteiger partial charge in [-0.2, -0.15) is 13.2 Å². The molecule has 1 N–H and O–H groups in total. The molecule has 0 saturated heterocycles. The highest BCUT2D eigenvalue weighted by atomic mass is 19.4. The molecule has 0 unspecified atom stereocenters. The van der Waals surface area contributed by atoms with Crippen molar-refractivity contribution in [1.82, 2.24) is 0 Å². The van der Waals surface area contributed by atoms with Gasteiger partial charge in [-0.3, -0.25) is 0 Å². The number of aliphatic hydroxyl groups excluding tert-OH is 1. The molecule has 1 aromatic carbocycles. The van der Waals surface area contributed by atoms with Crippen molar-refractivity contribution in [3.63, 3.8) is 0 Å². The second-order valence-corrected chi connectivity index (χ2v) is 4.78. The molecule has 0 aromatic heterocycles. The molecular formula is C14H20F3NO. The second-order valence-electron chi connectivity index (χ2n) is 4.78. The zero-order chi connectivity index (χ0) is 14.6. The molecule has 0 amide bonds. The van der Waals surface area contributed by atoms with E-state index in [0.717, 1.165) is 12.5 Å². The van der Waals surface area contributed by atoms with Crippen LogP contribution < -0.4 is 4.90 Å². The van der Waals surface area contributed by atoms with Crippen LogP contribution in [0.25, 0.3) is 0 Å². The largest absolute Gasteiger partial charge is 0.416 e. The number of benzene rings is 1. The minimum absolute atomic E-state index is 0.0866. The highest BCUT2D eigenvalue weighted by Crippen LogP contribution is 2.35. The maximum absolute atomic E-state index is 12.9. The van der Waals surface area contributed by atoms with Gasteiger partial charge in [0, 0.05) is 18.3 Å². The van der Waals surface area contributed by atoms with Crippen LogP contribution in [0, 0.1) is 0 Å². The van der Waals surface area contributed by atoms with Crippen molar-refractivity contribution < 1.29 is 18.3 Å². The number of alkyl halides is 3. The zero-order valence-electron chi connectivity index (χ0n) is 11.5. The average Bonchev–Trinajstić information content (AvgIpc) is 2.33. The summed E-state index contributed by atoms with van der Waals surface area (Å²) in [6.07, 6.45) is -3.58. The van der Waals surface area contributed by atoms with Crippen molar-refractivity contribution in [3.05, 3.63) is 29.3 Å². The molecule has 0 bridgehead atoms. The van der Waals surface area contributed by atoms with E-state index in [2.05, 4.69) is 0 Å². The van der Waals surface area contributed by atoms with E-state index in [4.69, 9.17) is 5.11 Å². The van der Waals surface area contributed by atoms with Crippen molar-refractivity contribution >= 4 is 5.69 Å². The quantitative estimate of drug-likeness (QED) is 0.883. The summed E-state index contributed by atoms with van der Waals surface area (Å²) in [5.74, 6) is 0. The molecule has 108 valence electrons. The molecule has 0 aliphatic carbocycles. The first-order chi connectivity index (χ1) is 8.81. The summed E-state index contributed by atoms with van der Waals surface area (Å²) in [6, 6.07) is 4.24. The van der Waals surface area contributed by atoms with Crippen LogP contribution in [0.5, 0.6) is 0 Å². The lowest BCUT2D eigenvalue weighted by molar-refractivity contribution is -0.138. The lowest BCUT2D eigenvalue weighted by atomic mass is 10.1. The van der Waals surface area contributed by atoms with E-state index >= 15 is 0 Å². The molecule has 2 nitrogen and oxygen atoms in total. The summed E-state index contributed by atoms with van der Waals surface area (Å²) in [7, 11) is 0. The third kappa shape index (κ3) is 3.86. The number of hydrogen-bond acceptors (Lipinski definition) is 2. The van der Waals surface area contributed by atoms with Crippen LogP contribution in [-0.4, -0.2) is 17.7 Å². The number of nitrogens with zero attached hydrogens (tertiary/aromatic N) is 1. The highest BCUT2D eigenvalue weighted by molar-refractivity contribution is 5.52. The lowest BCUT2D eigenvalue weighted by Gasteiger charge is -2.29. The molecule has 19 heavy (non-hydrogen) atoms. The molecule has 0 fully saturated rings. The second kappa shape index (κ2) is 6.28. The fourth-order valence-electron chi connectivity index (χ4n) is 2.07. The Balaban J connectivity index is 3.23. The average molecular weight is 275 g/mol. The van der Waals surface area contributed by atoms with Gasteiger partial charge in [0.2, 0.25) is 0 Å². The van der Waals surface area contributed by atoms with Gasteiger partial charge < -0.3 is 10.0 Å². The topological polar surface area (TPSA) is 23.5 Å². The van der Waals surface area contributed by atoms with Crippen LogP contribution in [0.4, 0.5) is 18.9 Å². The van der Waals surface area contributed by atoms with Crippen molar-refractivity contribution in [2.45, 2.75) is 46.0 Å². The van der Waals surface area contributed by atoms with Gasteiger partial charge in [-0.1, -0.05) is 13.0 Å². The molecule has 5 heteroatoms. The molecule has 0 aliphatic rings. The van der Waals surface area contributed by atoms with Gasteiger partial charge in [-0.25, -0.2) is 0 Å². The van der Waals surface area contributed by atoms with Crippen LogP contribution in [0.15, 0.2) is 18.2 Å². The van der Waals surface area contributed by atoms with Gasteiger partial charge in [0.15, 0.2) is 0 Å². The summed E-state index contributed by atoms with van der Waals surface area (Å²) in [4.78, 5) is 1.93. The normalized spacial score (nSPS) is 12.0. The number of halogens is 3. The SMILES string of the molecule is CCCN(c1ccc(CO)c(C(F)(F)F)c1)C(C)C. The highest BCUT2D eigenvalue weighted by Gasteiger charge is 2.33. The van der Waals surface area contributed by atoms with E-state index in [0.29, 0.717) is 12.2 Å². The zero-order valence-corrected chi connectivity index (χ0v) is 11.5. The first-order valence-electron chi connectivity index (χ1n) is 6.38. The predicted molar refractivity (Wildman–Crippen MR) is 70.1 cm³/mol. The standard InChI is InChI=1S/C14H20F3NO/c1-4-7-18(10(2)3)12-6-5-11(9-19)13(8-12)14(15,16)17/h5-6,8,10,19H,4,7,9H2,1-3H3. The molecule has 0 atom stereocenters. The molecule has 0 aliphatic heterocycles. The van der Waals surface area contributed by atoms with Gasteiger partial charge in [0.25, 0.3) is 0 Å². The Labute approximate surface area is 111 Å². The van der Waals surface area contributed by atoms with Gasteiger partial charge in [-0.05, 0) is 38.0 Å². The third-order valence-electron chi connectivity index (χ3n) is 2.99. The Morgan fingerprint density at radius 1 is 1.26 bits per heavy atom. The van der Waals surface area contributed by atoms with E-state index in [9.17, 15) is 13.2 Å². The van der Waals surface area contributed by atoms with Crippen LogP contribution in [0.3, 0.4) is 0 Å². The van der Waals surface area contributed by atoms with Gasteiger partial charge >= 0.3 is 6.18 Å². The van der Waals surface area contributed by atoms with Crippen molar-refractivity contribution in [3.8, 4) is 0 Å². The van der Waals surface area contributed by atoms with Crippen LogP contribution in [-0.2, 0) is 12.8 Å². The van der Waals surface area contributed by atoms with Crippen molar-refractivity contribution in [1.29, 1.82) is 0 Å². The number of hydrogen-bond donors (Lipinski definition) is 1. The molecule has 0 heterocycles. The van der Waals surface area contributed by atoms with Crippen LogP contribution in [0.1, 0.15) is 38.3 Å². The number of aliphatic hydroxyl groups is 1. The summed E-state index contributed by atoms with van der Waals surface area (Å²) < 4.78 is 38.8. The molecule has 1 aromatic rings. The van der Waals surface area contributed by atoms with E-state index in [1.54, 1.807) is 6.07 Å². The van der Waals surface area contributed by atoms with E-state index in [1.165, 1.54) is 6.07 Å². The number of anilines is 1. The smallest absolute Gasteiger partial charge is 0.392 e. The minimum Gasteiger partial charge on any atom is -0.392 e. The lowest BCUT2D eigenvalue weighted by Crippen LogP contribution is -2.31. The molecule has 0 radical (unpaired) electrons. The fourth-order valence-corrected chi connectivity index (χ4v) is 2.07. The first-order valence-corrected chi connectivity index (χ1v) is 6.38. The molecular weight excluding hydrogens is 255 g/mol. The third-order valence-corrected chi connectivity index (χ3v) is 2.99. The van der Waals surface area contributed by atoms with E-state index in [1.807, 2.05) is 25.7 Å². The van der Waals surface area contributed by atoms with E-state index in [-0.39, 0.29) is 11.6 Å². The first kappa shape index (κ1) is 15.8. The molecule has 1 rings (SSSR count). The predicted octanol–water partition coefficient (Wildman–Crippen LogP) is 3.82. The van der Waals surface area contributed by atoms with Gasteiger partial charge in [0.05, 0.1) is 12.2 Å². The summed E-state index contributed by atoms with van der Waals surface area (Å²) in [6.45, 7) is 5.98. The molecule has 0 spiro atoms.